The van der Waals surface area contributed by atoms with Crippen LogP contribution in [0.25, 0.3) is 11.0 Å². The lowest BCUT2D eigenvalue weighted by Gasteiger charge is -2.10. The molecule has 3 rings (SSSR count). The maximum absolute atomic E-state index is 6.30. The summed E-state index contributed by atoms with van der Waals surface area (Å²) in [5.41, 5.74) is 2.01. The average molecular weight is 297 g/mol. The molecule has 1 fully saturated rings. The Labute approximate surface area is 123 Å². The molecule has 1 saturated carbocycles. The lowest BCUT2D eigenvalue weighted by Crippen LogP contribution is -2.03. The highest BCUT2D eigenvalue weighted by Gasteiger charge is 2.40. The molecule has 4 heteroatoms. The molecule has 2 nitrogen and oxygen atoms in total. The van der Waals surface area contributed by atoms with Gasteiger partial charge in [0.15, 0.2) is 0 Å². The van der Waals surface area contributed by atoms with E-state index in [1.54, 1.807) is 0 Å². The third-order valence-electron chi connectivity index (χ3n) is 3.93. The Morgan fingerprint density at radius 1 is 1.47 bits per heavy atom. The molecule has 1 aliphatic rings. The smallest absolute Gasteiger partial charge is 0.128 e. The summed E-state index contributed by atoms with van der Waals surface area (Å²) in [6.45, 7) is 4.22. The maximum Gasteiger partial charge on any atom is 0.128 e. The maximum atomic E-state index is 6.30. The second-order valence-corrected chi connectivity index (χ2v) is 6.48. The Kier molecular flexibility index (Phi) is 3.48. The Morgan fingerprint density at radius 3 is 2.95 bits per heavy atom. The van der Waals surface area contributed by atoms with Crippen molar-refractivity contribution in [2.24, 2.45) is 5.92 Å². The zero-order valence-electron chi connectivity index (χ0n) is 11.2. The van der Waals surface area contributed by atoms with Crippen LogP contribution in [0.3, 0.4) is 0 Å². The first-order chi connectivity index (χ1) is 9.13. The van der Waals surface area contributed by atoms with E-state index >= 15 is 0 Å². The van der Waals surface area contributed by atoms with E-state index in [1.807, 2.05) is 19.1 Å². The number of hydrogen-bond donors (Lipinski definition) is 0. The van der Waals surface area contributed by atoms with Crippen molar-refractivity contribution in [1.29, 1.82) is 0 Å². The third-order valence-corrected chi connectivity index (χ3v) is 4.43. The van der Waals surface area contributed by atoms with Crippen LogP contribution in [0.2, 0.25) is 5.02 Å². The Morgan fingerprint density at radius 2 is 2.26 bits per heavy atom. The molecule has 3 unspecified atom stereocenters. The van der Waals surface area contributed by atoms with Crippen LogP contribution in [0.4, 0.5) is 0 Å². The first-order valence-electron chi connectivity index (χ1n) is 6.94. The van der Waals surface area contributed by atoms with E-state index in [1.165, 1.54) is 19.3 Å². The van der Waals surface area contributed by atoms with Gasteiger partial charge in [0.25, 0.3) is 0 Å². The Balaban J connectivity index is 2.11. The van der Waals surface area contributed by atoms with Crippen LogP contribution in [-0.4, -0.2) is 9.55 Å². The molecule has 1 aromatic heterocycles. The zero-order valence-corrected chi connectivity index (χ0v) is 12.7. The van der Waals surface area contributed by atoms with Crippen LogP contribution >= 0.6 is 23.2 Å². The standard InChI is InChI=1S/C15H18Cl2N2/c1-3-5-10-8-13(10)19-12-7-4-6-11(17)14(12)18-15(19)9(2)16/h4,6-7,9-10,13H,3,5,8H2,1-2H3. The number of hydrogen-bond acceptors (Lipinski definition) is 1. The molecule has 0 bridgehead atoms. The first kappa shape index (κ1) is 13.3. The van der Waals surface area contributed by atoms with Gasteiger partial charge in [0.2, 0.25) is 0 Å². The molecule has 1 aliphatic carbocycles. The van der Waals surface area contributed by atoms with Crippen LogP contribution in [0.15, 0.2) is 18.2 Å². The molecular weight excluding hydrogens is 279 g/mol. The van der Waals surface area contributed by atoms with Gasteiger partial charge in [-0.2, -0.15) is 0 Å². The Hall–Kier alpha value is -0.730. The number of halogens is 2. The number of rotatable bonds is 4. The predicted octanol–water partition coefficient (Wildman–Crippen LogP) is 5.35. The molecule has 102 valence electrons. The van der Waals surface area contributed by atoms with E-state index in [-0.39, 0.29) is 5.38 Å². The van der Waals surface area contributed by atoms with Gasteiger partial charge < -0.3 is 4.57 Å². The molecule has 2 aromatic rings. The van der Waals surface area contributed by atoms with Crippen molar-refractivity contribution in [1.82, 2.24) is 9.55 Å². The van der Waals surface area contributed by atoms with Gasteiger partial charge in [-0.3, -0.25) is 0 Å². The van der Waals surface area contributed by atoms with Crippen LogP contribution in [0.5, 0.6) is 0 Å². The van der Waals surface area contributed by atoms with Crippen LogP contribution in [-0.2, 0) is 0 Å². The van der Waals surface area contributed by atoms with Gasteiger partial charge in [-0.15, -0.1) is 11.6 Å². The highest BCUT2D eigenvalue weighted by Crippen LogP contribution is 2.49. The summed E-state index contributed by atoms with van der Waals surface area (Å²) in [5.74, 6) is 1.73. The predicted molar refractivity (Wildman–Crippen MR) is 81.1 cm³/mol. The number of alkyl halides is 1. The van der Waals surface area contributed by atoms with E-state index in [0.717, 1.165) is 22.8 Å². The van der Waals surface area contributed by atoms with E-state index in [9.17, 15) is 0 Å². The van der Waals surface area contributed by atoms with Crippen molar-refractivity contribution in [3.05, 3.63) is 29.0 Å². The largest absolute Gasteiger partial charge is 0.323 e. The lowest BCUT2D eigenvalue weighted by molar-refractivity contribution is 0.597. The summed E-state index contributed by atoms with van der Waals surface area (Å²) in [4.78, 5) is 4.67. The van der Waals surface area contributed by atoms with Crippen LogP contribution in [0.1, 0.15) is 50.4 Å². The minimum Gasteiger partial charge on any atom is -0.323 e. The zero-order chi connectivity index (χ0) is 13.6. The summed E-state index contributed by atoms with van der Waals surface area (Å²) in [6.07, 6.45) is 3.75. The summed E-state index contributed by atoms with van der Waals surface area (Å²) in [5, 5.41) is 0.619. The molecule has 1 heterocycles. The topological polar surface area (TPSA) is 17.8 Å². The van der Waals surface area contributed by atoms with Crippen molar-refractivity contribution in [2.75, 3.05) is 0 Å². The fraction of sp³-hybridized carbons (Fsp3) is 0.533. The minimum atomic E-state index is -0.0913. The summed E-state index contributed by atoms with van der Waals surface area (Å²) in [7, 11) is 0. The van der Waals surface area contributed by atoms with Gasteiger partial charge in [-0.1, -0.05) is 31.0 Å². The van der Waals surface area contributed by atoms with Crippen molar-refractivity contribution in [2.45, 2.75) is 44.5 Å². The number of benzene rings is 1. The van der Waals surface area contributed by atoms with E-state index in [4.69, 9.17) is 23.2 Å². The molecule has 0 spiro atoms. The lowest BCUT2D eigenvalue weighted by atomic mass is 10.2. The van der Waals surface area contributed by atoms with Crippen molar-refractivity contribution < 1.29 is 0 Å². The van der Waals surface area contributed by atoms with Gasteiger partial charge in [-0.05, 0) is 37.8 Å². The highest BCUT2D eigenvalue weighted by molar-refractivity contribution is 6.35. The van der Waals surface area contributed by atoms with Crippen molar-refractivity contribution >= 4 is 34.2 Å². The number of aromatic nitrogens is 2. The average Bonchev–Trinajstić information content (AvgIpc) is 3.00. The Bertz CT molecular complexity index is 603. The van der Waals surface area contributed by atoms with E-state index in [2.05, 4.69) is 22.5 Å². The normalized spacial score (nSPS) is 23.8. The number of imidazole rings is 1. The summed E-state index contributed by atoms with van der Waals surface area (Å²) in [6, 6.07) is 6.53. The number of fused-ring (bicyclic) bond motifs is 1. The summed E-state index contributed by atoms with van der Waals surface area (Å²) >= 11 is 12.6. The fourth-order valence-corrected chi connectivity index (χ4v) is 3.32. The first-order valence-corrected chi connectivity index (χ1v) is 7.75. The molecule has 0 N–H and O–H groups in total. The molecule has 19 heavy (non-hydrogen) atoms. The van der Waals surface area contributed by atoms with Crippen LogP contribution < -0.4 is 0 Å². The second-order valence-electron chi connectivity index (χ2n) is 5.42. The van der Waals surface area contributed by atoms with Gasteiger partial charge in [0, 0.05) is 6.04 Å². The molecule has 1 aromatic carbocycles. The third kappa shape index (κ3) is 2.25. The van der Waals surface area contributed by atoms with Gasteiger partial charge in [0.1, 0.15) is 11.3 Å². The molecule has 0 amide bonds. The fourth-order valence-electron chi connectivity index (χ4n) is 2.96. The van der Waals surface area contributed by atoms with Crippen molar-refractivity contribution in [3.8, 4) is 0 Å². The van der Waals surface area contributed by atoms with Gasteiger partial charge >= 0.3 is 0 Å². The molecule has 0 saturated heterocycles. The summed E-state index contributed by atoms with van der Waals surface area (Å²) < 4.78 is 2.32. The van der Waals surface area contributed by atoms with Gasteiger partial charge in [0.05, 0.1) is 15.9 Å². The number of para-hydroxylation sites is 1. The molecular formula is C15H18Cl2N2. The second kappa shape index (κ2) is 4.99. The van der Waals surface area contributed by atoms with Crippen molar-refractivity contribution in [3.63, 3.8) is 0 Å². The SMILES string of the molecule is CCCC1CC1n1c(C(C)Cl)nc2c(Cl)cccc21. The van der Waals surface area contributed by atoms with Crippen LogP contribution in [0, 0.1) is 5.92 Å². The highest BCUT2D eigenvalue weighted by atomic mass is 35.5. The monoisotopic (exact) mass is 296 g/mol. The minimum absolute atomic E-state index is 0.0913. The quantitative estimate of drug-likeness (QED) is 0.695. The van der Waals surface area contributed by atoms with E-state index in [0.29, 0.717) is 11.1 Å². The van der Waals surface area contributed by atoms with Gasteiger partial charge in [-0.25, -0.2) is 4.98 Å². The molecule has 0 aliphatic heterocycles. The molecule has 0 radical (unpaired) electrons. The number of nitrogens with zero attached hydrogens (tertiary/aromatic N) is 2. The van der Waals surface area contributed by atoms with E-state index < -0.39 is 0 Å². The molecule has 3 atom stereocenters.